The van der Waals surface area contributed by atoms with Crippen LogP contribution in [0.15, 0.2) is 65.9 Å². The van der Waals surface area contributed by atoms with Gasteiger partial charge in [0.1, 0.15) is 17.6 Å². The van der Waals surface area contributed by atoms with Crippen LogP contribution in [0.1, 0.15) is 22.5 Å². The Bertz CT molecular complexity index is 1010. The predicted octanol–water partition coefficient (Wildman–Crippen LogP) is 3.49. The third kappa shape index (κ3) is 3.95. The molecule has 4 rings (SSSR count). The van der Waals surface area contributed by atoms with Crippen molar-refractivity contribution in [2.24, 2.45) is 5.16 Å². The molecule has 0 aliphatic carbocycles. The van der Waals surface area contributed by atoms with E-state index in [4.69, 9.17) is 4.84 Å². The third-order valence-corrected chi connectivity index (χ3v) is 4.49. The Morgan fingerprint density at radius 2 is 2.07 bits per heavy atom. The topological polar surface area (TPSA) is 63.6 Å². The van der Waals surface area contributed by atoms with Crippen molar-refractivity contribution in [3.63, 3.8) is 0 Å². The predicted molar refractivity (Wildman–Crippen MR) is 101 cm³/mol. The van der Waals surface area contributed by atoms with Crippen LogP contribution in [-0.2, 0) is 11.3 Å². The summed E-state index contributed by atoms with van der Waals surface area (Å²) in [5.41, 5.74) is 2.01. The lowest BCUT2D eigenvalue weighted by atomic mass is 10.0. The smallest absolute Gasteiger partial charge is 0.270 e. The van der Waals surface area contributed by atoms with E-state index < -0.39 is 0 Å². The first kappa shape index (κ1) is 17.1. The van der Waals surface area contributed by atoms with Gasteiger partial charge in [-0.25, -0.2) is 4.39 Å². The van der Waals surface area contributed by atoms with Crippen LogP contribution in [0.5, 0.6) is 0 Å². The summed E-state index contributed by atoms with van der Waals surface area (Å²) >= 11 is 0. The fourth-order valence-electron chi connectivity index (χ4n) is 3.19. The Labute approximate surface area is 155 Å². The number of carbonyl (C=O) groups is 1. The molecule has 0 radical (unpaired) electrons. The summed E-state index contributed by atoms with van der Waals surface area (Å²) in [6.45, 7) is 0.295. The van der Waals surface area contributed by atoms with Crippen molar-refractivity contribution in [3.8, 4) is 0 Å². The second-order valence-corrected chi connectivity index (χ2v) is 6.49. The minimum atomic E-state index is -0.263. The molecule has 5 nitrogen and oxygen atoms in total. The molecule has 0 saturated heterocycles. The van der Waals surface area contributed by atoms with Crippen LogP contribution in [0.4, 0.5) is 4.39 Å². The zero-order valence-corrected chi connectivity index (χ0v) is 14.6. The second-order valence-electron chi connectivity index (χ2n) is 6.49. The molecule has 1 aliphatic rings. The quantitative estimate of drug-likeness (QED) is 0.755. The maximum Gasteiger partial charge on any atom is 0.270 e. The van der Waals surface area contributed by atoms with Gasteiger partial charge in [-0.3, -0.25) is 9.78 Å². The van der Waals surface area contributed by atoms with Crippen LogP contribution in [-0.4, -0.2) is 29.3 Å². The van der Waals surface area contributed by atoms with Crippen molar-refractivity contribution in [2.75, 3.05) is 6.54 Å². The van der Waals surface area contributed by atoms with Crippen molar-refractivity contribution in [2.45, 2.75) is 18.9 Å². The average molecular weight is 363 g/mol. The van der Waals surface area contributed by atoms with Gasteiger partial charge in [-0.2, -0.15) is 0 Å². The van der Waals surface area contributed by atoms with Gasteiger partial charge in [0.15, 0.2) is 0 Å². The van der Waals surface area contributed by atoms with Crippen molar-refractivity contribution in [1.82, 2.24) is 10.3 Å². The first-order valence-corrected chi connectivity index (χ1v) is 8.77. The number of carbonyl (C=O) groups excluding carboxylic acids is 1. The number of nitrogens with zero attached hydrogens (tertiary/aromatic N) is 2. The summed E-state index contributed by atoms with van der Waals surface area (Å²) in [5.74, 6) is -0.510. The van der Waals surface area contributed by atoms with Crippen LogP contribution < -0.4 is 5.32 Å². The number of rotatable bonds is 5. The van der Waals surface area contributed by atoms with Gasteiger partial charge in [0.2, 0.25) is 0 Å². The fourth-order valence-corrected chi connectivity index (χ4v) is 3.19. The van der Waals surface area contributed by atoms with Crippen LogP contribution in [0.2, 0.25) is 0 Å². The maximum atomic E-state index is 13.3. The highest BCUT2D eigenvalue weighted by molar-refractivity contribution is 6.06. The lowest BCUT2D eigenvalue weighted by molar-refractivity contribution is 0.0858. The summed E-state index contributed by atoms with van der Waals surface area (Å²) < 4.78 is 13.3. The first-order chi connectivity index (χ1) is 13.2. The Hall–Kier alpha value is -3.28. The number of halogens is 1. The van der Waals surface area contributed by atoms with E-state index in [1.54, 1.807) is 12.3 Å². The molecular formula is C21H18FN3O2. The molecule has 0 saturated carbocycles. The van der Waals surface area contributed by atoms with Crippen LogP contribution in [0.25, 0.3) is 10.8 Å². The van der Waals surface area contributed by atoms with Gasteiger partial charge in [0, 0.05) is 24.4 Å². The van der Waals surface area contributed by atoms with E-state index >= 15 is 0 Å². The molecule has 0 fully saturated rings. The van der Waals surface area contributed by atoms with Crippen molar-refractivity contribution in [3.05, 3.63) is 77.9 Å². The van der Waals surface area contributed by atoms with Crippen LogP contribution in [0.3, 0.4) is 0 Å². The van der Waals surface area contributed by atoms with Gasteiger partial charge < -0.3 is 10.2 Å². The Balaban J connectivity index is 1.34. The zero-order valence-electron chi connectivity index (χ0n) is 14.6. The molecule has 0 bridgehead atoms. The molecule has 1 aliphatic heterocycles. The summed E-state index contributed by atoms with van der Waals surface area (Å²) in [6, 6.07) is 15.9. The minimum absolute atomic E-state index is 0.144. The molecule has 1 unspecified atom stereocenters. The Morgan fingerprint density at radius 1 is 1.19 bits per heavy atom. The van der Waals surface area contributed by atoms with Crippen molar-refractivity contribution < 1.29 is 14.0 Å². The van der Waals surface area contributed by atoms with Gasteiger partial charge in [-0.1, -0.05) is 41.6 Å². The molecule has 0 spiro atoms. The molecule has 2 aromatic carbocycles. The summed E-state index contributed by atoms with van der Waals surface area (Å²) in [4.78, 5) is 22.1. The van der Waals surface area contributed by atoms with Gasteiger partial charge >= 0.3 is 0 Å². The molecule has 3 aromatic rings. The van der Waals surface area contributed by atoms with E-state index in [1.165, 1.54) is 12.1 Å². The average Bonchev–Trinajstić information content (AvgIpc) is 3.13. The number of pyridine rings is 1. The molecule has 1 aromatic heterocycles. The molecular weight excluding hydrogens is 345 g/mol. The van der Waals surface area contributed by atoms with E-state index in [-0.39, 0.29) is 17.8 Å². The summed E-state index contributed by atoms with van der Waals surface area (Å²) in [6.07, 6.45) is 2.65. The fraction of sp³-hybridized carbons (Fsp3) is 0.190. The lowest BCUT2D eigenvalue weighted by Crippen LogP contribution is -2.30. The molecule has 2 heterocycles. The number of amides is 1. The third-order valence-electron chi connectivity index (χ3n) is 4.49. The van der Waals surface area contributed by atoms with Crippen molar-refractivity contribution >= 4 is 22.4 Å². The second kappa shape index (κ2) is 7.53. The molecule has 6 heteroatoms. The largest absolute Gasteiger partial charge is 0.392 e. The summed E-state index contributed by atoms with van der Waals surface area (Å²) in [7, 11) is 0. The number of benzene rings is 2. The Morgan fingerprint density at radius 3 is 2.96 bits per heavy atom. The molecule has 27 heavy (non-hydrogen) atoms. The van der Waals surface area contributed by atoms with Crippen LogP contribution in [0, 0.1) is 5.82 Å². The maximum absolute atomic E-state index is 13.3. The molecule has 1 N–H and O–H groups in total. The Kier molecular flexibility index (Phi) is 4.78. The monoisotopic (exact) mass is 363 g/mol. The number of hydrogen-bond acceptors (Lipinski definition) is 4. The SMILES string of the molecule is O=C(NCC1=NOC(Cc2cccc(F)c2)C1)c1nccc2ccccc12. The van der Waals surface area contributed by atoms with E-state index in [0.29, 0.717) is 25.1 Å². The highest BCUT2D eigenvalue weighted by Crippen LogP contribution is 2.18. The van der Waals surface area contributed by atoms with E-state index in [1.807, 2.05) is 36.4 Å². The normalized spacial score (nSPS) is 16.0. The molecule has 1 amide bonds. The summed E-state index contributed by atoms with van der Waals surface area (Å²) in [5, 5.41) is 8.68. The number of aromatic nitrogens is 1. The van der Waals surface area contributed by atoms with Crippen LogP contribution >= 0.6 is 0 Å². The zero-order chi connectivity index (χ0) is 18.6. The first-order valence-electron chi connectivity index (χ1n) is 8.77. The highest BCUT2D eigenvalue weighted by Gasteiger charge is 2.22. The van der Waals surface area contributed by atoms with E-state index in [9.17, 15) is 9.18 Å². The van der Waals surface area contributed by atoms with Gasteiger partial charge in [0.25, 0.3) is 5.91 Å². The number of nitrogens with one attached hydrogen (secondary N) is 1. The van der Waals surface area contributed by atoms with Crippen molar-refractivity contribution in [1.29, 1.82) is 0 Å². The lowest BCUT2D eigenvalue weighted by Gasteiger charge is -2.08. The number of oxime groups is 1. The standard InChI is InChI=1S/C21H18FN3O2/c22-16-6-3-4-14(10-16)11-18-12-17(25-27-18)13-24-21(26)20-19-7-2-1-5-15(19)8-9-23-20/h1-10,18H,11-13H2,(H,24,26). The minimum Gasteiger partial charge on any atom is -0.392 e. The molecule has 1 atom stereocenters. The van der Waals surface area contributed by atoms with Gasteiger partial charge in [-0.15, -0.1) is 0 Å². The van der Waals surface area contributed by atoms with E-state index in [2.05, 4.69) is 15.5 Å². The highest BCUT2D eigenvalue weighted by atomic mass is 19.1. The van der Waals surface area contributed by atoms with E-state index in [0.717, 1.165) is 22.0 Å². The molecule has 136 valence electrons. The van der Waals surface area contributed by atoms with Gasteiger partial charge in [-0.05, 0) is 29.1 Å². The van der Waals surface area contributed by atoms with Gasteiger partial charge in [0.05, 0.1) is 12.3 Å². The number of hydrogen-bond donors (Lipinski definition) is 1. The number of fused-ring (bicyclic) bond motifs is 1.